The highest BCUT2D eigenvalue weighted by molar-refractivity contribution is 6.01. The Morgan fingerprint density at radius 2 is 2.04 bits per heavy atom. The van der Waals surface area contributed by atoms with Gasteiger partial charge in [0, 0.05) is 41.7 Å². The highest BCUT2D eigenvalue weighted by Crippen LogP contribution is 2.37. The van der Waals surface area contributed by atoms with Crippen LogP contribution in [-0.4, -0.2) is 16.4 Å². The Labute approximate surface area is 158 Å². The molecule has 1 fully saturated rings. The smallest absolute Gasteiger partial charge is 0.248 e. The van der Waals surface area contributed by atoms with Gasteiger partial charge in [-0.3, -0.25) is 4.79 Å². The van der Waals surface area contributed by atoms with E-state index in [1.54, 1.807) is 0 Å². The summed E-state index contributed by atoms with van der Waals surface area (Å²) in [5.74, 6) is -2.57. The van der Waals surface area contributed by atoms with Gasteiger partial charge < -0.3 is 9.88 Å². The summed E-state index contributed by atoms with van der Waals surface area (Å²) >= 11 is 0. The number of amides is 1. The molecule has 2 aromatic rings. The molecule has 1 saturated carbocycles. The van der Waals surface area contributed by atoms with Gasteiger partial charge in [-0.1, -0.05) is 18.7 Å². The first kappa shape index (κ1) is 19.3. The molecule has 144 valence electrons. The molecule has 1 aliphatic rings. The van der Waals surface area contributed by atoms with Crippen LogP contribution in [0, 0.1) is 5.92 Å². The van der Waals surface area contributed by atoms with Crippen molar-refractivity contribution in [2.24, 2.45) is 5.92 Å². The number of fused-ring (bicyclic) bond motifs is 1. The summed E-state index contributed by atoms with van der Waals surface area (Å²) in [4.78, 5) is 11.6. The summed E-state index contributed by atoms with van der Waals surface area (Å²) in [6.45, 7) is 7.70. The third-order valence-electron chi connectivity index (χ3n) is 5.18. The number of carbonyl (C=O) groups excluding carboxylic acids is 1. The molecular weight excluding hydrogens is 346 g/mol. The molecule has 1 N–H and O–H groups in total. The molecule has 0 saturated heterocycles. The molecule has 3 rings (SSSR count). The summed E-state index contributed by atoms with van der Waals surface area (Å²) in [6, 6.07) is 6.10. The minimum absolute atomic E-state index is 0.0342. The average Bonchev–Trinajstić information content (AvgIpc) is 2.99. The van der Waals surface area contributed by atoms with Gasteiger partial charge in [0.05, 0.1) is 0 Å². The maximum Gasteiger partial charge on any atom is 0.248 e. The molecule has 0 spiro atoms. The van der Waals surface area contributed by atoms with Gasteiger partial charge in [0.15, 0.2) is 0 Å². The lowest BCUT2D eigenvalue weighted by atomic mass is 9.86. The second kappa shape index (κ2) is 7.67. The topological polar surface area (TPSA) is 34.0 Å². The van der Waals surface area contributed by atoms with Gasteiger partial charge in [-0.15, -0.1) is 0 Å². The maximum absolute atomic E-state index is 13.4. The number of carbonyl (C=O) groups is 1. The van der Waals surface area contributed by atoms with Gasteiger partial charge in [0.1, 0.15) is 0 Å². The molecule has 0 atom stereocenters. The van der Waals surface area contributed by atoms with Crippen LogP contribution in [0.15, 0.2) is 43.1 Å². The Bertz CT molecular complexity index is 870. The molecule has 27 heavy (non-hydrogen) atoms. The average molecular weight is 372 g/mol. The first-order valence-electron chi connectivity index (χ1n) is 9.43. The van der Waals surface area contributed by atoms with Gasteiger partial charge in [-0.25, -0.2) is 8.78 Å². The predicted octanol–water partition coefficient (Wildman–Crippen LogP) is 6.19. The first-order valence-corrected chi connectivity index (χ1v) is 9.43. The SMILES string of the molecule is C=CC(=O)Nc1ccc2c(c1)c(C=CC1CCC(F)(F)CC1)cn2C(C)C. The molecule has 3 nitrogen and oxygen atoms in total. The summed E-state index contributed by atoms with van der Waals surface area (Å²) in [7, 11) is 0. The van der Waals surface area contributed by atoms with Crippen LogP contribution in [0.1, 0.15) is 51.1 Å². The number of halogens is 2. The van der Waals surface area contributed by atoms with E-state index < -0.39 is 5.92 Å². The summed E-state index contributed by atoms with van der Waals surface area (Å²) in [5, 5.41) is 3.82. The van der Waals surface area contributed by atoms with E-state index >= 15 is 0 Å². The van der Waals surface area contributed by atoms with Crippen LogP contribution in [0.2, 0.25) is 0 Å². The number of benzene rings is 1. The lowest BCUT2D eigenvalue weighted by Gasteiger charge is -2.26. The zero-order valence-electron chi connectivity index (χ0n) is 15.8. The minimum Gasteiger partial charge on any atom is -0.344 e. The van der Waals surface area contributed by atoms with Crippen molar-refractivity contribution in [2.45, 2.75) is 51.5 Å². The molecule has 1 amide bonds. The molecular formula is C22H26F2N2O. The van der Waals surface area contributed by atoms with Crippen molar-refractivity contribution in [1.29, 1.82) is 0 Å². The maximum atomic E-state index is 13.4. The van der Waals surface area contributed by atoms with Crippen molar-refractivity contribution in [3.05, 3.63) is 48.7 Å². The second-order valence-electron chi connectivity index (χ2n) is 7.56. The van der Waals surface area contributed by atoms with Gasteiger partial charge in [-0.05, 0) is 62.4 Å². The fourth-order valence-corrected chi connectivity index (χ4v) is 3.61. The molecule has 5 heteroatoms. The Kier molecular flexibility index (Phi) is 5.49. The summed E-state index contributed by atoms with van der Waals surface area (Å²) < 4.78 is 28.9. The van der Waals surface area contributed by atoms with Crippen molar-refractivity contribution in [3.63, 3.8) is 0 Å². The number of anilines is 1. The normalized spacial score (nSPS) is 17.7. The van der Waals surface area contributed by atoms with E-state index in [2.05, 4.69) is 42.6 Å². The van der Waals surface area contributed by atoms with Crippen molar-refractivity contribution >= 4 is 28.6 Å². The number of hydrogen-bond acceptors (Lipinski definition) is 1. The highest BCUT2D eigenvalue weighted by atomic mass is 19.3. The van der Waals surface area contributed by atoms with Crippen molar-refractivity contribution < 1.29 is 13.6 Å². The number of alkyl halides is 2. The number of allylic oxidation sites excluding steroid dienone is 1. The Morgan fingerprint density at radius 1 is 1.33 bits per heavy atom. The van der Waals surface area contributed by atoms with E-state index in [-0.39, 0.29) is 30.7 Å². The lowest BCUT2D eigenvalue weighted by Crippen LogP contribution is -2.23. The predicted molar refractivity (Wildman–Crippen MR) is 107 cm³/mol. The number of aromatic nitrogens is 1. The molecule has 1 aromatic heterocycles. The first-order chi connectivity index (χ1) is 12.8. The van der Waals surface area contributed by atoms with E-state index in [0.717, 1.165) is 16.5 Å². The molecule has 1 aromatic carbocycles. The molecule has 0 aliphatic heterocycles. The second-order valence-corrected chi connectivity index (χ2v) is 7.56. The van der Waals surface area contributed by atoms with Crippen molar-refractivity contribution in [3.8, 4) is 0 Å². The van der Waals surface area contributed by atoms with Crippen LogP contribution < -0.4 is 5.32 Å². The fraction of sp³-hybridized carbons (Fsp3) is 0.409. The van der Waals surface area contributed by atoms with E-state index in [9.17, 15) is 13.6 Å². The number of rotatable bonds is 5. The molecule has 0 unspecified atom stereocenters. The van der Waals surface area contributed by atoms with Crippen molar-refractivity contribution in [1.82, 2.24) is 4.57 Å². The van der Waals surface area contributed by atoms with Gasteiger partial charge in [0.25, 0.3) is 0 Å². The van der Waals surface area contributed by atoms with Gasteiger partial charge in [0.2, 0.25) is 11.8 Å². The van der Waals surface area contributed by atoms with Crippen LogP contribution in [0.4, 0.5) is 14.5 Å². The minimum atomic E-state index is -2.50. The molecule has 0 radical (unpaired) electrons. The fourth-order valence-electron chi connectivity index (χ4n) is 3.61. The molecule has 1 aliphatic carbocycles. The van der Waals surface area contributed by atoms with Crippen LogP contribution in [-0.2, 0) is 4.79 Å². The largest absolute Gasteiger partial charge is 0.344 e. The zero-order valence-corrected chi connectivity index (χ0v) is 15.8. The Balaban J connectivity index is 1.90. The van der Waals surface area contributed by atoms with E-state index in [4.69, 9.17) is 0 Å². The number of hydrogen-bond donors (Lipinski definition) is 1. The monoisotopic (exact) mass is 372 g/mol. The van der Waals surface area contributed by atoms with Crippen LogP contribution in [0.3, 0.4) is 0 Å². The molecule has 0 bridgehead atoms. The van der Waals surface area contributed by atoms with Gasteiger partial charge >= 0.3 is 0 Å². The summed E-state index contributed by atoms with van der Waals surface area (Å²) in [5.41, 5.74) is 2.82. The Morgan fingerprint density at radius 3 is 2.67 bits per heavy atom. The molecule has 1 heterocycles. The zero-order chi connectivity index (χ0) is 19.6. The van der Waals surface area contributed by atoms with E-state index in [1.807, 2.05) is 24.3 Å². The van der Waals surface area contributed by atoms with Gasteiger partial charge in [-0.2, -0.15) is 0 Å². The summed E-state index contributed by atoms with van der Waals surface area (Å²) in [6.07, 6.45) is 8.39. The van der Waals surface area contributed by atoms with E-state index in [1.165, 1.54) is 6.08 Å². The third-order valence-corrected chi connectivity index (χ3v) is 5.18. The van der Waals surface area contributed by atoms with Crippen LogP contribution >= 0.6 is 0 Å². The van der Waals surface area contributed by atoms with Crippen LogP contribution in [0.5, 0.6) is 0 Å². The third kappa shape index (κ3) is 4.46. The quantitative estimate of drug-likeness (QED) is 0.624. The van der Waals surface area contributed by atoms with Crippen molar-refractivity contribution in [2.75, 3.05) is 5.32 Å². The van der Waals surface area contributed by atoms with Crippen LogP contribution in [0.25, 0.3) is 17.0 Å². The standard InChI is InChI=1S/C22H26F2N2O/c1-4-21(27)25-18-7-8-20-19(13-18)17(14-26(20)15(2)3)6-5-16-9-11-22(23,24)12-10-16/h4-8,13-16H,1,9-12H2,2-3H3,(H,25,27). The number of nitrogens with zero attached hydrogens (tertiary/aromatic N) is 1. The highest BCUT2D eigenvalue weighted by Gasteiger charge is 2.33. The Hall–Kier alpha value is -2.43. The lowest BCUT2D eigenvalue weighted by molar-refractivity contribution is -0.111. The number of nitrogens with one attached hydrogen (secondary N) is 1. The van der Waals surface area contributed by atoms with E-state index in [0.29, 0.717) is 18.5 Å².